The van der Waals surface area contributed by atoms with Crippen molar-refractivity contribution >= 4 is 5.91 Å². The maximum atomic E-state index is 12.1. The van der Waals surface area contributed by atoms with E-state index in [0.29, 0.717) is 18.5 Å². The van der Waals surface area contributed by atoms with E-state index < -0.39 is 0 Å². The SMILES string of the molecule is CC1CCC(NC(C)C(=O)NCc2ccco2)C(C)C1. The number of carbonyl (C=O) groups is 1. The summed E-state index contributed by atoms with van der Waals surface area (Å²) in [5, 5.41) is 6.38. The second kappa shape index (κ2) is 6.93. The first kappa shape index (κ1) is 15.1. The van der Waals surface area contributed by atoms with Gasteiger partial charge in [-0.25, -0.2) is 0 Å². The minimum Gasteiger partial charge on any atom is -0.467 e. The van der Waals surface area contributed by atoms with Crippen molar-refractivity contribution in [1.29, 1.82) is 0 Å². The van der Waals surface area contributed by atoms with Crippen LogP contribution in [0.1, 0.15) is 45.8 Å². The second-order valence-corrected chi connectivity index (χ2v) is 6.19. The summed E-state index contributed by atoms with van der Waals surface area (Å²) < 4.78 is 5.21. The van der Waals surface area contributed by atoms with Gasteiger partial charge in [-0.2, -0.15) is 0 Å². The van der Waals surface area contributed by atoms with Crippen molar-refractivity contribution in [2.75, 3.05) is 0 Å². The van der Waals surface area contributed by atoms with Gasteiger partial charge in [-0.05, 0) is 50.2 Å². The molecule has 4 unspecified atom stereocenters. The Balaban J connectivity index is 1.76. The molecular formula is C16H26N2O2. The molecule has 1 aromatic heterocycles. The van der Waals surface area contributed by atoms with Crippen molar-refractivity contribution in [3.05, 3.63) is 24.2 Å². The number of hydrogen-bond acceptors (Lipinski definition) is 3. The molecule has 1 amide bonds. The molecule has 20 heavy (non-hydrogen) atoms. The zero-order valence-electron chi connectivity index (χ0n) is 12.7. The van der Waals surface area contributed by atoms with Crippen LogP contribution in [0.3, 0.4) is 0 Å². The smallest absolute Gasteiger partial charge is 0.237 e. The molecule has 4 heteroatoms. The minimum absolute atomic E-state index is 0.0345. The van der Waals surface area contributed by atoms with Crippen LogP contribution in [0.5, 0.6) is 0 Å². The zero-order valence-corrected chi connectivity index (χ0v) is 12.7. The lowest BCUT2D eigenvalue weighted by Crippen LogP contribution is -2.49. The van der Waals surface area contributed by atoms with E-state index in [9.17, 15) is 4.79 Å². The highest BCUT2D eigenvalue weighted by molar-refractivity contribution is 5.81. The summed E-state index contributed by atoms with van der Waals surface area (Å²) in [6, 6.07) is 3.98. The fourth-order valence-electron chi connectivity index (χ4n) is 3.05. The standard InChI is InChI=1S/C16H26N2O2/c1-11-6-7-15(12(2)9-11)18-13(3)16(19)17-10-14-5-4-8-20-14/h4-5,8,11-13,15,18H,6-7,9-10H2,1-3H3,(H,17,19). The average molecular weight is 278 g/mol. The quantitative estimate of drug-likeness (QED) is 0.870. The summed E-state index contributed by atoms with van der Waals surface area (Å²) in [6.45, 7) is 6.98. The van der Waals surface area contributed by atoms with Gasteiger partial charge in [0.15, 0.2) is 0 Å². The number of rotatable bonds is 5. The van der Waals surface area contributed by atoms with Crippen LogP contribution in [0, 0.1) is 11.8 Å². The Labute approximate surface area is 121 Å². The molecule has 0 spiro atoms. The highest BCUT2D eigenvalue weighted by Crippen LogP contribution is 2.28. The molecule has 112 valence electrons. The summed E-state index contributed by atoms with van der Waals surface area (Å²) in [5.41, 5.74) is 0. The molecule has 1 saturated carbocycles. The Morgan fingerprint density at radius 1 is 1.45 bits per heavy atom. The van der Waals surface area contributed by atoms with Gasteiger partial charge >= 0.3 is 0 Å². The first-order chi connectivity index (χ1) is 9.56. The zero-order chi connectivity index (χ0) is 14.5. The van der Waals surface area contributed by atoms with Crippen LogP contribution in [0.4, 0.5) is 0 Å². The molecule has 2 rings (SSSR count). The van der Waals surface area contributed by atoms with Crippen molar-refractivity contribution in [3.8, 4) is 0 Å². The first-order valence-electron chi connectivity index (χ1n) is 7.62. The van der Waals surface area contributed by atoms with Gasteiger partial charge in [0.1, 0.15) is 5.76 Å². The number of furan rings is 1. The topological polar surface area (TPSA) is 54.3 Å². The molecule has 4 nitrogen and oxygen atoms in total. The molecule has 1 aliphatic carbocycles. The Kier molecular flexibility index (Phi) is 5.24. The molecule has 0 bridgehead atoms. The Morgan fingerprint density at radius 2 is 2.25 bits per heavy atom. The van der Waals surface area contributed by atoms with Crippen LogP contribution in [0.25, 0.3) is 0 Å². The molecule has 1 heterocycles. The van der Waals surface area contributed by atoms with E-state index in [0.717, 1.165) is 18.1 Å². The first-order valence-corrected chi connectivity index (χ1v) is 7.62. The van der Waals surface area contributed by atoms with Gasteiger partial charge in [0.25, 0.3) is 0 Å². The van der Waals surface area contributed by atoms with Gasteiger partial charge in [0.05, 0.1) is 18.8 Å². The lowest BCUT2D eigenvalue weighted by molar-refractivity contribution is -0.123. The summed E-state index contributed by atoms with van der Waals surface area (Å²) in [6.07, 6.45) is 5.29. The third kappa shape index (κ3) is 4.10. The van der Waals surface area contributed by atoms with Gasteiger partial charge in [-0.3, -0.25) is 4.79 Å². The molecule has 4 atom stereocenters. The van der Waals surface area contributed by atoms with E-state index in [-0.39, 0.29) is 11.9 Å². The van der Waals surface area contributed by atoms with Crippen LogP contribution in [0.2, 0.25) is 0 Å². The Morgan fingerprint density at radius 3 is 2.90 bits per heavy atom. The van der Waals surface area contributed by atoms with Crippen molar-refractivity contribution in [2.45, 2.75) is 58.7 Å². The molecular weight excluding hydrogens is 252 g/mol. The van der Waals surface area contributed by atoms with Gasteiger partial charge in [-0.15, -0.1) is 0 Å². The summed E-state index contributed by atoms with van der Waals surface area (Å²) in [5.74, 6) is 2.27. The summed E-state index contributed by atoms with van der Waals surface area (Å²) in [4.78, 5) is 12.1. The molecule has 2 N–H and O–H groups in total. The number of nitrogens with one attached hydrogen (secondary N) is 2. The average Bonchev–Trinajstić information content (AvgIpc) is 2.92. The summed E-state index contributed by atoms with van der Waals surface area (Å²) >= 11 is 0. The predicted octanol–water partition coefficient (Wildman–Crippen LogP) is 2.70. The van der Waals surface area contributed by atoms with E-state index in [1.54, 1.807) is 6.26 Å². The van der Waals surface area contributed by atoms with Gasteiger partial charge in [0.2, 0.25) is 5.91 Å². The third-order valence-corrected chi connectivity index (χ3v) is 4.31. The lowest BCUT2D eigenvalue weighted by atomic mass is 9.79. The monoisotopic (exact) mass is 278 g/mol. The Bertz CT molecular complexity index is 416. The maximum absolute atomic E-state index is 12.1. The van der Waals surface area contributed by atoms with Gasteiger partial charge < -0.3 is 15.1 Å². The molecule has 1 aliphatic rings. The fourth-order valence-corrected chi connectivity index (χ4v) is 3.05. The summed E-state index contributed by atoms with van der Waals surface area (Å²) in [7, 11) is 0. The van der Waals surface area contributed by atoms with E-state index in [2.05, 4.69) is 24.5 Å². The molecule has 0 saturated heterocycles. The van der Waals surface area contributed by atoms with E-state index in [1.165, 1.54) is 12.8 Å². The van der Waals surface area contributed by atoms with Crippen LogP contribution in [-0.4, -0.2) is 18.0 Å². The van der Waals surface area contributed by atoms with Gasteiger partial charge in [0, 0.05) is 6.04 Å². The van der Waals surface area contributed by atoms with Crippen molar-refractivity contribution in [2.24, 2.45) is 11.8 Å². The van der Waals surface area contributed by atoms with Crippen molar-refractivity contribution in [3.63, 3.8) is 0 Å². The fraction of sp³-hybridized carbons (Fsp3) is 0.688. The lowest BCUT2D eigenvalue weighted by Gasteiger charge is -2.34. The number of carbonyl (C=O) groups excluding carboxylic acids is 1. The van der Waals surface area contributed by atoms with E-state index in [1.807, 2.05) is 19.1 Å². The molecule has 0 aliphatic heterocycles. The predicted molar refractivity (Wildman–Crippen MR) is 79.1 cm³/mol. The van der Waals surface area contributed by atoms with Crippen LogP contribution in [-0.2, 0) is 11.3 Å². The highest BCUT2D eigenvalue weighted by atomic mass is 16.3. The van der Waals surface area contributed by atoms with E-state index in [4.69, 9.17) is 4.42 Å². The highest BCUT2D eigenvalue weighted by Gasteiger charge is 2.27. The van der Waals surface area contributed by atoms with Crippen LogP contribution < -0.4 is 10.6 Å². The Hall–Kier alpha value is -1.29. The molecule has 0 aromatic carbocycles. The third-order valence-electron chi connectivity index (χ3n) is 4.31. The second-order valence-electron chi connectivity index (χ2n) is 6.19. The van der Waals surface area contributed by atoms with E-state index >= 15 is 0 Å². The van der Waals surface area contributed by atoms with Crippen molar-refractivity contribution in [1.82, 2.24) is 10.6 Å². The normalized spacial score (nSPS) is 28.1. The van der Waals surface area contributed by atoms with Crippen LogP contribution in [0.15, 0.2) is 22.8 Å². The van der Waals surface area contributed by atoms with Crippen LogP contribution >= 0.6 is 0 Å². The van der Waals surface area contributed by atoms with Gasteiger partial charge in [-0.1, -0.05) is 13.8 Å². The molecule has 1 fully saturated rings. The molecule has 1 aromatic rings. The van der Waals surface area contributed by atoms with Crippen molar-refractivity contribution < 1.29 is 9.21 Å². The maximum Gasteiger partial charge on any atom is 0.237 e. The minimum atomic E-state index is -0.161. The largest absolute Gasteiger partial charge is 0.467 e. The number of amides is 1. The molecule has 0 radical (unpaired) electrons. The number of hydrogen-bond donors (Lipinski definition) is 2.